The van der Waals surface area contributed by atoms with E-state index in [9.17, 15) is 14.9 Å². The van der Waals surface area contributed by atoms with E-state index in [-0.39, 0.29) is 17.2 Å². The maximum Gasteiger partial charge on any atom is 0.271 e. The lowest BCUT2D eigenvalue weighted by Crippen LogP contribution is -2.48. The minimum atomic E-state index is -0.802. The largest absolute Gasteiger partial charge is 0.496 e. The number of nitriles is 1. The molecule has 0 radical (unpaired) electrons. The highest BCUT2D eigenvalue weighted by molar-refractivity contribution is 6.00. The number of nitrogens with two attached hydrogens (primary N) is 1. The van der Waals surface area contributed by atoms with Crippen LogP contribution in [0.25, 0.3) is 0 Å². The van der Waals surface area contributed by atoms with Gasteiger partial charge in [0, 0.05) is 41.7 Å². The van der Waals surface area contributed by atoms with Crippen molar-refractivity contribution < 1.29 is 23.8 Å². The molecule has 2 aromatic rings. The Bertz CT molecular complexity index is 1280. The molecule has 1 unspecified atom stereocenters. The molecule has 1 aliphatic carbocycles. The Morgan fingerprint density at radius 3 is 2.51 bits per heavy atom. The number of nitrogens with zero attached hydrogens (tertiary/aromatic N) is 3. The van der Waals surface area contributed by atoms with Gasteiger partial charge in [-0.3, -0.25) is 20.0 Å². The maximum atomic E-state index is 13.3. The van der Waals surface area contributed by atoms with Crippen molar-refractivity contribution in [1.82, 2.24) is 15.4 Å². The van der Waals surface area contributed by atoms with E-state index in [2.05, 4.69) is 16.5 Å². The molecule has 0 saturated heterocycles. The molecule has 0 fully saturated rings. The molecule has 10 nitrogen and oxygen atoms in total. The number of ketones is 1. The highest BCUT2D eigenvalue weighted by atomic mass is 16.5. The summed E-state index contributed by atoms with van der Waals surface area (Å²) in [5, 5.41) is 11.5. The first-order chi connectivity index (χ1) is 16.9. The number of pyridine rings is 1. The van der Waals surface area contributed by atoms with Gasteiger partial charge in [-0.1, -0.05) is 0 Å². The van der Waals surface area contributed by atoms with E-state index < -0.39 is 11.8 Å². The van der Waals surface area contributed by atoms with Crippen LogP contribution in [0.5, 0.6) is 17.2 Å². The fraction of sp³-hybridized carbons (Fsp3) is 0.280. The number of hydrazine groups is 1. The summed E-state index contributed by atoms with van der Waals surface area (Å²) in [6, 6.07) is 8.72. The number of ether oxygens (including phenoxy) is 3. The third-order valence-electron chi connectivity index (χ3n) is 6.10. The molecule has 1 aromatic carbocycles. The fourth-order valence-electron chi connectivity index (χ4n) is 4.47. The van der Waals surface area contributed by atoms with Crippen LogP contribution in [0.1, 0.15) is 41.1 Å². The van der Waals surface area contributed by atoms with Gasteiger partial charge < -0.3 is 19.9 Å². The zero-order valence-corrected chi connectivity index (χ0v) is 19.6. The molecule has 3 N–H and O–H groups in total. The standard InChI is InChI=1S/C25H25N5O5/c1-33-19-11-21(35-3)20(34-2)10-15(19)22-16(12-26)24(27)30(17-7-4-8-18(31)23(17)22)29-25(32)14-6-5-9-28-13-14/h5-6,9-11,13,22H,4,7-8,27H2,1-3H3,(H,29,32). The quantitative estimate of drug-likeness (QED) is 0.645. The predicted octanol–water partition coefficient (Wildman–Crippen LogP) is 2.55. The topological polar surface area (TPSA) is 140 Å². The lowest BCUT2D eigenvalue weighted by atomic mass is 9.75. The van der Waals surface area contributed by atoms with Crippen molar-refractivity contribution in [2.24, 2.45) is 5.73 Å². The molecule has 4 rings (SSSR count). The van der Waals surface area contributed by atoms with Crippen molar-refractivity contribution in [1.29, 1.82) is 5.26 Å². The molecule has 1 aliphatic heterocycles. The van der Waals surface area contributed by atoms with Gasteiger partial charge in [0.25, 0.3) is 5.91 Å². The minimum Gasteiger partial charge on any atom is -0.496 e. The summed E-state index contributed by atoms with van der Waals surface area (Å²) in [4.78, 5) is 30.2. The molecule has 10 heteroatoms. The van der Waals surface area contributed by atoms with Crippen molar-refractivity contribution in [3.8, 4) is 23.3 Å². The third kappa shape index (κ3) is 4.12. The van der Waals surface area contributed by atoms with Gasteiger partial charge in [-0.2, -0.15) is 5.26 Å². The molecule has 1 amide bonds. The number of allylic oxidation sites excluding steroid dienone is 3. The summed E-state index contributed by atoms with van der Waals surface area (Å²) in [6.45, 7) is 0. The van der Waals surface area contributed by atoms with Gasteiger partial charge in [-0.25, -0.2) is 5.01 Å². The second kappa shape index (κ2) is 9.77. The van der Waals surface area contributed by atoms with Crippen LogP contribution in [0.15, 0.2) is 59.3 Å². The van der Waals surface area contributed by atoms with E-state index in [4.69, 9.17) is 19.9 Å². The van der Waals surface area contributed by atoms with Gasteiger partial charge in [0.1, 0.15) is 11.6 Å². The van der Waals surface area contributed by atoms with E-state index in [0.29, 0.717) is 58.9 Å². The van der Waals surface area contributed by atoms with Crippen LogP contribution in [0.2, 0.25) is 0 Å². The van der Waals surface area contributed by atoms with Gasteiger partial charge in [-0.15, -0.1) is 0 Å². The van der Waals surface area contributed by atoms with Crippen molar-refractivity contribution in [3.05, 3.63) is 70.5 Å². The van der Waals surface area contributed by atoms with Crippen LogP contribution in [0, 0.1) is 11.3 Å². The highest BCUT2D eigenvalue weighted by Crippen LogP contribution is 2.48. The molecule has 0 spiro atoms. The molecule has 180 valence electrons. The minimum absolute atomic E-state index is 0.0278. The first kappa shape index (κ1) is 23.6. The third-order valence-corrected chi connectivity index (χ3v) is 6.10. The Balaban J connectivity index is 1.89. The molecule has 1 atom stereocenters. The lowest BCUT2D eigenvalue weighted by Gasteiger charge is -2.39. The Kier molecular flexibility index (Phi) is 6.59. The summed E-state index contributed by atoms with van der Waals surface area (Å²) in [5.41, 5.74) is 11.1. The Morgan fingerprint density at radius 2 is 1.89 bits per heavy atom. The SMILES string of the molecule is COc1cc(OC)c(C2C(C#N)=C(N)N(NC(=O)c3cccnc3)C3=C2C(=O)CCC3)cc1OC. The summed E-state index contributed by atoms with van der Waals surface area (Å²) in [5.74, 6) is -0.111. The molecule has 1 aromatic heterocycles. The number of carbonyl (C=O) groups excluding carboxylic acids is 2. The van der Waals surface area contributed by atoms with E-state index in [1.165, 1.54) is 32.5 Å². The molecule has 2 heterocycles. The second-order valence-electron chi connectivity index (χ2n) is 7.95. The summed E-state index contributed by atoms with van der Waals surface area (Å²) in [7, 11) is 4.49. The van der Waals surface area contributed by atoms with Crippen LogP contribution in [0.3, 0.4) is 0 Å². The number of nitrogens with one attached hydrogen (secondary N) is 1. The number of Topliss-reactive ketones (excluding diaryl/α,β-unsaturated/α-hetero) is 1. The monoisotopic (exact) mass is 475 g/mol. The van der Waals surface area contributed by atoms with Gasteiger partial charge >= 0.3 is 0 Å². The predicted molar refractivity (Wildman–Crippen MR) is 125 cm³/mol. The summed E-state index contributed by atoms with van der Waals surface area (Å²) >= 11 is 0. The van der Waals surface area contributed by atoms with Crippen LogP contribution >= 0.6 is 0 Å². The number of methoxy groups -OCH3 is 3. The van der Waals surface area contributed by atoms with Gasteiger partial charge in [-0.05, 0) is 31.0 Å². The second-order valence-corrected chi connectivity index (χ2v) is 7.95. The van der Waals surface area contributed by atoms with E-state index in [0.717, 1.165) is 0 Å². The van der Waals surface area contributed by atoms with Gasteiger partial charge in [0.15, 0.2) is 17.3 Å². The Labute approximate surface area is 202 Å². The normalized spacial score (nSPS) is 17.5. The Morgan fingerprint density at radius 1 is 1.17 bits per heavy atom. The van der Waals surface area contributed by atoms with E-state index in [1.807, 2.05) is 0 Å². The van der Waals surface area contributed by atoms with E-state index >= 15 is 0 Å². The van der Waals surface area contributed by atoms with Gasteiger partial charge in [0.2, 0.25) is 0 Å². The molecule has 0 saturated carbocycles. The number of rotatable bonds is 6. The smallest absolute Gasteiger partial charge is 0.271 e. The van der Waals surface area contributed by atoms with Gasteiger partial charge in [0.05, 0.1) is 44.5 Å². The zero-order chi connectivity index (χ0) is 25.1. The van der Waals surface area contributed by atoms with Crippen molar-refractivity contribution in [3.63, 3.8) is 0 Å². The number of benzene rings is 1. The van der Waals surface area contributed by atoms with E-state index in [1.54, 1.807) is 30.5 Å². The first-order valence-corrected chi connectivity index (χ1v) is 10.9. The van der Waals surface area contributed by atoms with Crippen molar-refractivity contribution in [2.45, 2.75) is 25.2 Å². The number of amides is 1. The average molecular weight is 476 g/mol. The molecular weight excluding hydrogens is 450 g/mol. The zero-order valence-electron chi connectivity index (χ0n) is 19.6. The Hall–Kier alpha value is -4.52. The molecular formula is C25H25N5O5. The highest BCUT2D eigenvalue weighted by Gasteiger charge is 2.42. The van der Waals surface area contributed by atoms with Crippen molar-refractivity contribution >= 4 is 11.7 Å². The summed E-state index contributed by atoms with van der Waals surface area (Å²) in [6.07, 6.45) is 4.36. The van der Waals surface area contributed by atoms with Crippen LogP contribution < -0.4 is 25.4 Å². The average Bonchev–Trinajstić information content (AvgIpc) is 2.89. The molecule has 0 bridgehead atoms. The number of hydrogen-bond donors (Lipinski definition) is 2. The maximum absolute atomic E-state index is 13.3. The first-order valence-electron chi connectivity index (χ1n) is 10.9. The molecule has 2 aliphatic rings. The molecule has 35 heavy (non-hydrogen) atoms. The number of aromatic nitrogens is 1. The number of carbonyl (C=O) groups is 2. The summed E-state index contributed by atoms with van der Waals surface area (Å²) < 4.78 is 16.4. The van der Waals surface area contributed by atoms with Crippen LogP contribution in [-0.4, -0.2) is 43.0 Å². The van der Waals surface area contributed by atoms with Crippen LogP contribution in [0.4, 0.5) is 0 Å². The lowest BCUT2D eigenvalue weighted by molar-refractivity contribution is -0.116. The number of hydrogen-bond acceptors (Lipinski definition) is 9. The van der Waals surface area contributed by atoms with Crippen LogP contribution in [-0.2, 0) is 4.79 Å². The van der Waals surface area contributed by atoms with Crippen molar-refractivity contribution in [2.75, 3.05) is 21.3 Å². The fourth-order valence-corrected chi connectivity index (χ4v) is 4.47.